The molecule has 1 N–H and O–H groups in total. The molecule has 4 aromatic rings. The number of nitrogens with one attached hydrogen (secondary N) is 1. The predicted molar refractivity (Wildman–Crippen MR) is 138 cm³/mol. The highest BCUT2D eigenvalue weighted by Gasteiger charge is 2.35. The summed E-state index contributed by atoms with van der Waals surface area (Å²) in [6.45, 7) is 4.35. The van der Waals surface area contributed by atoms with Gasteiger partial charge in [0.15, 0.2) is 5.82 Å². The van der Waals surface area contributed by atoms with Gasteiger partial charge >= 0.3 is 6.09 Å². The molecule has 1 aliphatic rings. The van der Waals surface area contributed by atoms with Crippen molar-refractivity contribution in [3.05, 3.63) is 90.5 Å². The van der Waals surface area contributed by atoms with Gasteiger partial charge in [-0.1, -0.05) is 67.6 Å². The van der Waals surface area contributed by atoms with Crippen molar-refractivity contribution >= 4 is 18.0 Å². The predicted octanol–water partition coefficient (Wildman–Crippen LogP) is 6.24. The molecule has 1 amide bonds. The maximum atomic E-state index is 12.5. The molecule has 0 radical (unpaired) electrons. The van der Waals surface area contributed by atoms with E-state index in [-0.39, 0.29) is 18.0 Å². The number of aromatic nitrogens is 3. The van der Waals surface area contributed by atoms with Gasteiger partial charge in [0.25, 0.3) is 0 Å². The summed E-state index contributed by atoms with van der Waals surface area (Å²) < 4.78 is 11.2. The van der Waals surface area contributed by atoms with Crippen molar-refractivity contribution < 1.29 is 14.3 Å². The molecular weight excluding hydrogens is 454 g/mol. The van der Waals surface area contributed by atoms with Crippen LogP contribution in [-0.4, -0.2) is 33.7 Å². The van der Waals surface area contributed by atoms with Crippen LogP contribution >= 0.6 is 0 Å². The Hall–Kier alpha value is -4.46. The largest absolute Gasteiger partial charge is 0.457 e. The van der Waals surface area contributed by atoms with Crippen molar-refractivity contribution in [2.75, 3.05) is 16.8 Å². The summed E-state index contributed by atoms with van der Waals surface area (Å²) in [4.78, 5) is 27.9. The van der Waals surface area contributed by atoms with Crippen molar-refractivity contribution in [3.8, 4) is 22.9 Å². The first-order valence-electron chi connectivity index (χ1n) is 12.0. The van der Waals surface area contributed by atoms with Crippen LogP contribution < -0.4 is 15.0 Å². The summed E-state index contributed by atoms with van der Waals surface area (Å²) in [6.07, 6.45) is 0.286. The number of hydrogen-bond acceptors (Lipinski definition) is 7. The Bertz CT molecular complexity index is 1320. The highest BCUT2D eigenvalue weighted by molar-refractivity contribution is 5.88. The van der Waals surface area contributed by atoms with Crippen LogP contribution in [0.2, 0.25) is 0 Å². The van der Waals surface area contributed by atoms with E-state index in [1.165, 1.54) is 4.90 Å². The molecule has 182 valence electrons. The number of benzene rings is 3. The number of anilines is 2. The van der Waals surface area contributed by atoms with E-state index in [0.717, 1.165) is 29.0 Å². The fraction of sp³-hybridized carbons (Fsp3) is 0.214. The van der Waals surface area contributed by atoms with Crippen LogP contribution in [-0.2, 0) is 4.74 Å². The van der Waals surface area contributed by atoms with Gasteiger partial charge in [0.2, 0.25) is 11.9 Å². The minimum atomic E-state index is -0.444. The zero-order valence-electron chi connectivity index (χ0n) is 20.2. The van der Waals surface area contributed by atoms with Gasteiger partial charge < -0.3 is 14.8 Å². The van der Waals surface area contributed by atoms with Crippen molar-refractivity contribution in [2.45, 2.75) is 32.4 Å². The van der Waals surface area contributed by atoms with E-state index in [1.54, 1.807) is 0 Å². The average Bonchev–Trinajstić information content (AvgIpc) is 3.30. The second-order valence-corrected chi connectivity index (χ2v) is 8.51. The van der Waals surface area contributed by atoms with Crippen molar-refractivity contribution in [1.82, 2.24) is 15.0 Å². The van der Waals surface area contributed by atoms with Gasteiger partial charge in [-0.05, 0) is 43.2 Å². The van der Waals surface area contributed by atoms with Gasteiger partial charge in [0.05, 0.1) is 12.1 Å². The molecule has 0 spiro atoms. The Morgan fingerprint density at radius 3 is 2.31 bits per heavy atom. The van der Waals surface area contributed by atoms with Gasteiger partial charge in [-0.3, -0.25) is 0 Å². The van der Waals surface area contributed by atoms with E-state index in [0.29, 0.717) is 18.4 Å². The van der Waals surface area contributed by atoms with Gasteiger partial charge in [0, 0.05) is 5.56 Å². The molecule has 36 heavy (non-hydrogen) atoms. The minimum Gasteiger partial charge on any atom is -0.457 e. The summed E-state index contributed by atoms with van der Waals surface area (Å²) in [5.74, 6) is 2.68. The van der Waals surface area contributed by atoms with Gasteiger partial charge in [-0.25, -0.2) is 9.69 Å². The maximum Gasteiger partial charge on any atom is 0.417 e. The van der Waals surface area contributed by atoms with Crippen LogP contribution in [0.25, 0.3) is 11.4 Å². The summed E-state index contributed by atoms with van der Waals surface area (Å²) in [5.41, 5.74) is 1.87. The van der Waals surface area contributed by atoms with E-state index in [2.05, 4.69) is 20.3 Å². The lowest BCUT2D eigenvalue weighted by molar-refractivity contribution is 0.178. The molecule has 5 rings (SSSR count). The Labute approximate surface area is 210 Å². The molecule has 0 saturated carbocycles. The SMILES string of the molecule is CC[C@H]1COC(=O)N1c1nc(N[C@@H](C)c2ccc(Oc3ccccc3)cc2)nc(-c2ccccc2)n1. The third-order valence-corrected chi connectivity index (χ3v) is 6.01. The molecule has 3 aromatic carbocycles. The fourth-order valence-corrected chi connectivity index (χ4v) is 3.99. The summed E-state index contributed by atoms with van der Waals surface area (Å²) in [6, 6.07) is 26.9. The molecule has 8 nitrogen and oxygen atoms in total. The number of ether oxygens (including phenoxy) is 2. The van der Waals surface area contributed by atoms with Crippen LogP contribution in [0.4, 0.5) is 16.7 Å². The van der Waals surface area contributed by atoms with E-state index >= 15 is 0 Å². The highest BCUT2D eigenvalue weighted by Crippen LogP contribution is 2.28. The molecule has 1 aliphatic heterocycles. The van der Waals surface area contributed by atoms with Gasteiger partial charge in [-0.15, -0.1) is 0 Å². The van der Waals surface area contributed by atoms with Gasteiger partial charge in [-0.2, -0.15) is 15.0 Å². The fourth-order valence-electron chi connectivity index (χ4n) is 3.99. The maximum absolute atomic E-state index is 12.5. The zero-order chi connectivity index (χ0) is 24.9. The normalized spacial score (nSPS) is 15.9. The third-order valence-electron chi connectivity index (χ3n) is 6.01. The van der Waals surface area contributed by atoms with E-state index in [4.69, 9.17) is 9.47 Å². The van der Waals surface area contributed by atoms with E-state index < -0.39 is 6.09 Å². The van der Waals surface area contributed by atoms with Crippen molar-refractivity contribution in [3.63, 3.8) is 0 Å². The quantitative estimate of drug-likeness (QED) is 0.319. The summed E-state index contributed by atoms with van der Waals surface area (Å²) in [7, 11) is 0. The van der Waals surface area contributed by atoms with Crippen LogP contribution in [0.3, 0.4) is 0 Å². The number of para-hydroxylation sites is 1. The third kappa shape index (κ3) is 5.12. The number of carbonyl (C=O) groups excluding carboxylic acids is 1. The molecule has 0 unspecified atom stereocenters. The summed E-state index contributed by atoms with van der Waals surface area (Å²) in [5, 5.41) is 3.37. The van der Waals surface area contributed by atoms with Crippen molar-refractivity contribution in [2.24, 2.45) is 0 Å². The standard InChI is InChI=1S/C28H27N5O3/c1-3-22-18-35-28(34)33(22)27-31-25(21-10-6-4-7-11-21)30-26(32-27)29-19(2)20-14-16-24(17-15-20)36-23-12-8-5-9-13-23/h4-17,19,22H,3,18H2,1-2H3,(H,29,30,31,32)/t19-,22-/m0/s1. The minimum absolute atomic E-state index is 0.109. The Morgan fingerprint density at radius 2 is 1.61 bits per heavy atom. The molecular formula is C28H27N5O3. The second kappa shape index (κ2) is 10.4. The van der Waals surface area contributed by atoms with Gasteiger partial charge in [0.1, 0.15) is 18.1 Å². The topological polar surface area (TPSA) is 89.5 Å². The summed E-state index contributed by atoms with van der Waals surface area (Å²) >= 11 is 0. The molecule has 1 fully saturated rings. The first-order chi connectivity index (χ1) is 17.6. The van der Waals surface area contributed by atoms with Crippen LogP contribution in [0.1, 0.15) is 31.9 Å². The average molecular weight is 482 g/mol. The number of rotatable bonds is 8. The molecule has 2 atom stereocenters. The van der Waals surface area contributed by atoms with Crippen molar-refractivity contribution in [1.29, 1.82) is 0 Å². The molecule has 1 saturated heterocycles. The van der Waals surface area contributed by atoms with Crippen LogP contribution in [0.5, 0.6) is 11.5 Å². The Balaban J connectivity index is 1.40. The molecule has 8 heteroatoms. The number of carbonyl (C=O) groups is 1. The second-order valence-electron chi connectivity index (χ2n) is 8.51. The Morgan fingerprint density at radius 1 is 0.944 bits per heavy atom. The van der Waals surface area contributed by atoms with E-state index in [1.807, 2.05) is 98.8 Å². The number of cyclic esters (lactones) is 1. The number of hydrogen-bond donors (Lipinski definition) is 1. The molecule has 2 heterocycles. The molecule has 0 aliphatic carbocycles. The van der Waals surface area contributed by atoms with Crippen LogP contribution in [0, 0.1) is 0 Å². The van der Waals surface area contributed by atoms with E-state index in [9.17, 15) is 4.79 Å². The highest BCUT2D eigenvalue weighted by atomic mass is 16.6. The first kappa shape index (κ1) is 23.3. The lowest BCUT2D eigenvalue weighted by atomic mass is 10.1. The lowest BCUT2D eigenvalue weighted by Gasteiger charge is -2.20. The molecule has 1 aromatic heterocycles. The van der Waals surface area contributed by atoms with Crippen LogP contribution in [0.15, 0.2) is 84.9 Å². The molecule has 0 bridgehead atoms. The Kier molecular flexibility index (Phi) is 6.75. The lowest BCUT2D eigenvalue weighted by Crippen LogP contribution is -2.34. The zero-order valence-corrected chi connectivity index (χ0v) is 20.2. The number of nitrogens with zero attached hydrogens (tertiary/aromatic N) is 4. The monoisotopic (exact) mass is 481 g/mol. The smallest absolute Gasteiger partial charge is 0.417 e. The first-order valence-corrected chi connectivity index (χ1v) is 12.0. The number of amides is 1.